The standard InChI is InChI=1S/C11H13ClFN/c1-8-5-14(6-8)7-9-2-3-10(13)4-11(9)12/h2-4,8H,5-7H2,1H3. The monoisotopic (exact) mass is 213 g/mol. The van der Waals surface area contributed by atoms with E-state index in [4.69, 9.17) is 11.6 Å². The largest absolute Gasteiger partial charge is 0.298 e. The molecule has 0 spiro atoms. The van der Waals surface area contributed by atoms with Gasteiger partial charge in [-0.05, 0) is 23.6 Å². The molecule has 2 rings (SSSR count). The van der Waals surface area contributed by atoms with E-state index in [-0.39, 0.29) is 5.82 Å². The lowest BCUT2D eigenvalue weighted by molar-refractivity contribution is 0.105. The number of hydrogen-bond acceptors (Lipinski definition) is 1. The highest BCUT2D eigenvalue weighted by molar-refractivity contribution is 6.31. The van der Waals surface area contributed by atoms with Crippen LogP contribution >= 0.6 is 11.6 Å². The molecule has 3 heteroatoms. The first-order valence-electron chi connectivity index (χ1n) is 4.81. The van der Waals surface area contributed by atoms with Gasteiger partial charge in [-0.2, -0.15) is 0 Å². The van der Waals surface area contributed by atoms with Crippen molar-refractivity contribution in [1.82, 2.24) is 4.90 Å². The van der Waals surface area contributed by atoms with Gasteiger partial charge in [0.05, 0.1) is 0 Å². The maximum Gasteiger partial charge on any atom is 0.124 e. The van der Waals surface area contributed by atoms with Crippen LogP contribution in [0, 0.1) is 11.7 Å². The molecule has 1 fully saturated rings. The van der Waals surface area contributed by atoms with E-state index in [1.807, 2.05) is 0 Å². The van der Waals surface area contributed by atoms with Crippen molar-refractivity contribution >= 4 is 11.6 Å². The van der Waals surface area contributed by atoms with E-state index < -0.39 is 0 Å². The Labute approximate surface area is 88.5 Å². The Bertz CT molecular complexity index is 334. The summed E-state index contributed by atoms with van der Waals surface area (Å²) in [6, 6.07) is 4.60. The van der Waals surface area contributed by atoms with Gasteiger partial charge in [-0.3, -0.25) is 4.90 Å². The van der Waals surface area contributed by atoms with Gasteiger partial charge in [0.1, 0.15) is 5.82 Å². The number of nitrogens with zero attached hydrogens (tertiary/aromatic N) is 1. The average Bonchev–Trinajstić information content (AvgIpc) is 2.06. The van der Waals surface area contributed by atoms with Crippen molar-refractivity contribution in [3.63, 3.8) is 0 Å². The van der Waals surface area contributed by atoms with Gasteiger partial charge in [0.25, 0.3) is 0 Å². The molecule has 76 valence electrons. The van der Waals surface area contributed by atoms with Crippen molar-refractivity contribution in [3.05, 3.63) is 34.6 Å². The second-order valence-electron chi connectivity index (χ2n) is 4.03. The molecule has 1 aliphatic heterocycles. The summed E-state index contributed by atoms with van der Waals surface area (Å²) >= 11 is 5.92. The summed E-state index contributed by atoms with van der Waals surface area (Å²) in [7, 11) is 0. The van der Waals surface area contributed by atoms with Crippen LogP contribution in [0.25, 0.3) is 0 Å². The first-order valence-corrected chi connectivity index (χ1v) is 5.19. The Morgan fingerprint density at radius 3 is 2.79 bits per heavy atom. The van der Waals surface area contributed by atoms with Crippen molar-refractivity contribution < 1.29 is 4.39 Å². The van der Waals surface area contributed by atoms with Crippen molar-refractivity contribution in [1.29, 1.82) is 0 Å². The highest BCUT2D eigenvalue weighted by Gasteiger charge is 2.22. The number of benzene rings is 1. The fraction of sp³-hybridized carbons (Fsp3) is 0.455. The van der Waals surface area contributed by atoms with Crippen LogP contribution in [0.15, 0.2) is 18.2 Å². The van der Waals surface area contributed by atoms with Crippen molar-refractivity contribution in [3.8, 4) is 0 Å². The molecule has 1 saturated heterocycles. The molecule has 0 amide bonds. The molecule has 1 nitrogen and oxygen atoms in total. The second kappa shape index (κ2) is 3.87. The van der Waals surface area contributed by atoms with E-state index in [1.54, 1.807) is 6.07 Å². The molecule has 1 aliphatic rings. The van der Waals surface area contributed by atoms with Crippen LogP contribution in [0.2, 0.25) is 5.02 Å². The summed E-state index contributed by atoms with van der Waals surface area (Å²) in [5, 5.41) is 0.532. The molecule has 0 radical (unpaired) electrons. The van der Waals surface area contributed by atoms with Crippen LogP contribution in [-0.4, -0.2) is 18.0 Å². The lowest BCUT2D eigenvalue weighted by atomic mass is 10.0. The summed E-state index contributed by atoms with van der Waals surface area (Å²) in [6.07, 6.45) is 0. The molecule has 0 N–H and O–H groups in total. The molecule has 1 aromatic carbocycles. The van der Waals surface area contributed by atoms with Crippen LogP contribution < -0.4 is 0 Å². The number of likely N-dealkylation sites (tertiary alicyclic amines) is 1. The van der Waals surface area contributed by atoms with Gasteiger partial charge in [0.15, 0.2) is 0 Å². The molecular formula is C11H13ClFN. The summed E-state index contributed by atoms with van der Waals surface area (Å²) in [5.41, 5.74) is 1.01. The van der Waals surface area contributed by atoms with Gasteiger partial charge >= 0.3 is 0 Å². The Morgan fingerprint density at radius 2 is 2.21 bits per heavy atom. The molecule has 1 aromatic rings. The predicted molar refractivity (Wildman–Crippen MR) is 55.9 cm³/mol. The van der Waals surface area contributed by atoms with Gasteiger partial charge in [0, 0.05) is 24.7 Å². The minimum atomic E-state index is -0.268. The molecule has 0 unspecified atom stereocenters. The third kappa shape index (κ3) is 2.07. The Hall–Kier alpha value is -0.600. The van der Waals surface area contributed by atoms with E-state index in [1.165, 1.54) is 12.1 Å². The van der Waals surface area contributed by atoms with Crippen molar-refractivity contribution in [2.45, 2.75) is 13.5 Å². The topological polar surface area (TPSA) is 3.24 Å². The van der Waals surface area contributed by atoms with Crippen LogP contribution in [0.1, 0.15) is 12.5 Å². The fourth-order valence-corrected chi connectivity index (χ4v) is 2.07. The first-order chi connectivity index (χ1) is 6.65. The zero-order valence-electron chi connectivity index (χ0n) is 8.13. The van der Waals surface area contributed by atoms with Crippen LogP contribution in [0.4, 0.5) is 4.39 Å². The molecule has 1 heterocycles. The van der Waals surface area contributed by atoms with Gasteiger partial charge in [-0.15, -0.1) is 0 Å². The Morgan fingerprint density at radius 1 is 1.50 bits per heavy atom. The number of rotatable bonds is 2. The second-order valence-corrected chi connectivity index (χ2v) is 4.44. The molecule has 14 heavy (non-hydrogen) atoms. The minimum Gasteiger partial charge on any atom is -0.298 e. The number of hydrogen-bond donors (Lipinski definition) is 0. The lowest BCUT2D eigenvalue weighted by Crippen LogP contribution is -2.44. The first kappa shape index (κ1) is 9.94. The van der Waals surface area contributed by atoms with E-state index >= 15 is 0 Å². The third-order valence-corrected chi connectivity index (χ3v) is 2.90. The van der Waals surface area contributed by atoms with Gasteiger partial charge < -0.3 is 0 Å². The third-order valence-electron chi connectivity index (χ3n) is 2.55. The highest BCUT2D eigenvalue weighted by atomic mass is 35.5. The normalized spacial score (nSPS) is 18.2. The zero-order chi connectivity index (χ0) is 10.1. The van der Waals surface area contributed by atoms with Crippen molar-refractivity contribution in [2.24, 2.45) is 5.92 Å². The summed E-state index contributed by atoms with van der Waals surface area (Å²) in [4.78, 5) is 2.31. The minimum absolute atomic E-state index is 0.268. The lowest BCUT2D eigenvalue weighted by Gasteiger charge is -2.37. The molecule has 0 aromatic heterocycles. The van der Waals surface area contributed by atoms with Crippen LogP contribution in [0.3, 0.4) is 0 Å². The average molecular weight is 214 g/mol. The fourth-order valence-electron chi connectivity index (χ4n) is 1.85. The smallest absolute Gasteiger partial charge is 0.124 e. The van der Waals surface area contributed by atoms with Gasteiger partial charge in [-0.1, -0.05) is 24.6 Å². The van der Waals surface area contributed by atoms with Gasteiger partial charge in [0.2, 0.25) is 0 Å². The predicted octanol–water partition coefficient (Wildman–Crippen LogP) is 2.93. The molecule has 0 bridgehead atoms. The maximum absolute atomic E-state index is 12.7. The Kier molecular flexibility index (Phi) is 2.75. The highest BCUT2D eigenvalue weighted by Crippen LogP contribution is 2.23. The molecule has 0 atom stereocenters. The van der Waals surface area contributed by atoms with E-state index in [0.717, 1.165) is 31.1 Å². The maximum atomic E-state index is 12.7. The van der Waals surface area contributed by atoms with E-state index in [0.29, 0.717) is 5.02 Å². The quantitative estimate of drug-likeness (QED) is 0.730. The summed E-state index contributed by atoms with van der Waals surface area (Å²) in [5.74, 6) is 0.518. The molecular weight excluding hydrogens is 201 g/mol. The Balaban J connectivity index is 2.02. The van der Waals surface area contributed by atoms with Crippen LogP contribution in [-0.2, 0) is 6.54 Å². The molecule has 0 aliphatic carbocycles. The zero-order valence-corrected chi connectivity index (χ0v) is 8.89. The molecule has 0 saturated carbocycles. The van der Waals surface area contributed by atoms with E-state index in [9.17, 15) is 4.39 Å². The van der Waals surface area contributed by atoms with Crippen LogP contribution in [0.5, 0.6) is 0 Å². The summed E-state index contributed by atoms with van der Waals surface area (Å²) < 4.78 is 12.7. The summed E-state index contributed by atoms with van der Waals surface area (Å²) in [6.45, 7) is 5.30. The SMILES string of the molecule is CC1CN(Cc2ccc(F)cc2Cl)C1. The van der Waals surface area contributed by atoms with Gasteiger partial charge in [-0.25, -0.2) is 4.39 Å². The number of halogens is 2. The van der Waals surface area contributed by atoms with Crippen molar-refractivity contribution in [2.75, 3.05) is 13.1 Å². The van der Waals surface area contributed by atoms with E-state index in [2.05, 4.69) is 11.8 Å².